The minimum Gasteiger partial charge on any atom is -0.485 e. The lowest BCUT2D eigenvalue weighted by Crippen LogP contribution is -2.24. The number of benzene rings is 2. The van der Waals surface area contributed by atoms with Gasteiger partial charge in [-0.15, -0.1) is 0 Å². The lowest BCUT2D eigenvalue weighted by atomic mass is 10.2. The average Bonchev–Trinajstić information content (AvgIpc) is 2.84. The van der Waals surface area contributed by atoms with Crippen LogP contribution in [-0.2, 0) is 7.05 Å². The molecular formula is C16H13IN2O2. The van der Waals surface area contributed by atoms with Crippen molar-refractivity contribution in [3.05, 3.63) is 51.9 Å². The second-order valence-corrected chi connectivity index (χ2v) is 6.27. The highest BCUT2D eigenvalue weighted by Crippen LogP contribution is 2.36. The number of hydrogen-bond donors (Lipinski definition) is 0. The van der Waals surface area contributed by atoms with Gasteiger partial charge in [0.15, 0.2) is 23.4 Å². The summed E-state index contributed by atoms with van der Waals surface area (Å²) >= 11 is 2.31. The van der Waals surface area contributed by atoms with Gasteiger partial charge < -0.3 is 14.0 Å². The van der Waals surface area contributed by atoms with Crippen LogP contribution >= 0.6 is 22.6 Å². The lowest BCUT2D eigenvalue weighted by molar-refractivity contribution is 0.0835. The molecule has 0 spiro atoms. The van der Waals surface area contributed by atoms with E-state index < -0.39 is 0 Å². The number of imidazole rings is 1. The van der Waals surface area contributed by atoms with Crippen molar-refractivity contribution in [1.82, 2.24) is 9.55 Å². The smallest absolute Gasteiger partial charge is 0.190 e. The maximum atomic E-state index is 6.05. The summed E-state index contributed by atoms with van der Waals surface area (Å²) in [5, 5.41) is 0. The predicted molar refractivity (Wildman–Crippen MR) is 88.7 cm³/mol. The molecule has 0 radical (unpaired) electrons. The van der Waals surface area contributed by atoms with E-state index >= 15 is 0 Å². The first kappa shape index (κ1) is 12.9. The lowest BCUT2D eigenvalue weighted by Gasteiger charge is -2.25. The fourth-order valence-electron chi connectivity index (χ4n) is 2.62. The van der Waals surface area contributed by atoms with E-state index in [2.05, 4.69) is 39.3 Å². The quantitative estimate of drug-likeness (QED) is 0.593. The summed E-state index contributed by atoms with van der Waals surface area (Å²) in [6.45, 7) is 0.477. The monoisotopic (exact) mass is 392 g/mol. The molecule has 2 heterocycles. The zero-order valence-electron chi connectivity index (χ0n) is 11.4. The summed E-state index contributed by atoms with van der Waals surface area (Å²) in [4.78, 5) is 4.70. The van der Waals surface area contributed by atoms with Gasteiger partial charge in [0.25, 0.3) is 0 Å². The fourth-order valence-corrected chi connectivity index (χ4v) is 3.09. The largest absolute Gasteiger partial charge is 0.485 e. The van der Waals surface area contributed by atoms with Crippen molar-refractivity contribution in [3.63, 3.8) is 0 Å². The predicted octanol–water partition coefficient (Wildman–Crippen LogP) is 3.69. The molecule has 1 aromatic heterocycles. The van der Waals surface area contributed by atoms with Crippen LogP contribution in [0.2, 0.25) is 0 Å². The SMILES string of the molecule is Cn1c(C2COc3ccccc3O2)nc2ccc(I)cc21. The first-order valence-corrected chi connectivity index (χ1v) is 7.80. The molecule has 106 valence electrons. The molecule has 1 unspecified atom stereocenters. The van der Waals surface area contributed by atoms with Gasteiger partial charge in [-0.05, 0) is 52.9 Å². The Balaban J connectivity index is 1.76. The van der Waals surface area contributed by atoms with Crippen molar-refractivity contribution in [1.29, 1.82) is 0 Å². The van der Waals surface area contributed by atoms with Crippen LogP contribution in [0.4, 0.5) is 0 Å². The van der Waals surface area contributed by atoms with Crippen LogP contribution in [0.1, 0.15) is 11.9 Å². The number of hydrogen-bond acceptors (Lipinski definition) is 3. The van der Waals surface area contributed by atoms with Gasteiger partial charge in [-0.2, -0.15) is 0 Å². The van der Waals surface area contributed by atoms with Crippen LogP contribution in [0.3, 0.4) is 0 Å². The summed E-state index contributed by atoms with van der Waals surface area (Å²) in [5.41, 5.74) is 2.09. The van der Waals surface area contributed by atoms with Crippen molar-refractivity contribution >= 4 is 33.6 Å². The molecule has 4 rings (SSSR count). The summed E-state index contributed by atoms with van der Waals surface area (Å²) < 4.78 is 15.1. The molecule has 1 aliphatic rings. The second kappa shape index (κ2) is 4.91. The Hall–Kier alpha value is -1.76. The molecule has 0 aliphatic carbocycles. The number of ether oxygens (including phenoxy) is 2. The zero-order valence-corrected chi connectivity index (χ0v) is 13.6. The molecule has 2 aromatic carbocycles. The topological polar surface area (TPSA) is 36.3 Å². The molecule has 0 N–H and O–H groups in total. The Morgan fingerprint density at radius 3 is 2.86 bits per heavy atom. The van der Waals surface area contributed by atoms with Gasteiger partial charge in [0.2, 0.25) is 0 Å². The van der Waals surface area contributed by atoms with Crippen LogP contribution in [0, 0.1) is 3.57 Å². The molecule has 1 atom stereocenters. The van der Waals surface area contributed by atoms with E-state index in [1.807, 2.05) is 37.4 Å². The molecule has 0 fully saturated rings. The zero-order chi connectivity index (χ0) is 14.4. The highest BCUT2D eigenvalue weighted by atomic mass is 127. The number of rotatable bonds is 1. The van der Waals surface area contributed by atoms with Crippen LogP contribution in [0.25, 0.3) is 11.0 Å². The molecule has 0 amide bonds. The van der Waals surface area contributed by atoms with Crippen molar-refractivity contribution in [2.24, 2.45) is 7.05 Å². The van der Waals surface area contributed by atoms with Gasteiger partial charge in [0, 0.05) is 10.6 Å². The van der Waals surface area contributed by atoms with Crippen LogP contribution in [-0.4, -0.2) is 16.2 Å². The van der Waals surface area contributed by atoms with E-state index in [1.165, 1.54) is 3.57 Å². The summed E-state index contributed by atoms with van der Waals surface area (Å²) in [6, 6.07) is 14.0. The van der Waals surface area contributed by atoms with E-state index in [4.69, 9.17) is 14.5 Å². The maximum absolute atomic E-state index is 6.05. The van der Waals surface area contributed by atoms with Crippen molar-refractivity contribution in [2.45, 2.75) is 6.10 Å². The normalized spacial score (nSPS) is 17.1. The molecule has 3 aromatic rings. The van der Waals surface area contributed by atoms with Crippen molar-refractivity contribution in [3.8, 4) is 11.5 Å². The molecule has 0 saturated heterocycles. The first-order valence-electron chi connectivity index (χ1n) is 6.73. The van der Waals surface area contributed by atoms with E-state index in [0.29, 0.717) is 6.61 Å². The number of halogens is 1. The Bertz CT molecular complexity index is 828. The molecular weight excluding hydrogens is 379 g/mol. The standard InChI is InChI=1S/C16H13IN2O2/c1-19-12-8-10(17)6-7-11(12)18-16(19)15-9-20-13-4-2-3-5-14(13)21-15/h2-8,15H,9H2,1H3. The molecule has 0 saturated carbocycles. The van der Waals surface area contributed by atoms with E-state index in [-0.39, 0.29) is 6.10 Å². The summed E-state index contributed by atoms with van der Waals surface area (Å²) in [5.74, 6) is 2.46. The van der Waals surface area contributed by atoms with Gasteiger partial charge in [-0.3, -0.25) is 0 Å². The van der Waals surface area contributed by atoms with Crippen LogP contribution < -0.4 is 9.47 Å². The third-order valence-corrected chi connectivity index (χ3v) is 4.35. The molecule has 0 bridgehead atoms. The third-order valence-electron chi connectivity index (χ3n) is 3.67. The van der Waals surface area contributed by atoms with Crippen LogP contribution in [0.5, 0.6) is 11.5 Å². The van der Waals surface area contributed by atoms with Gasteiger partial charge in [-0.25, -0.2) is 4.98 Å². The molecule has 5 heteroatoms. The minimum atomic E-state index is -0.185. The Morgan fingerprint density at radius 1 is 1.19 bits per heavy atom. The van der Waals surface area contributed by atoms with Gasteiger partial charge in [0.1, 0.15) is 6.61 Å². The number of para-hydroxylation sites is 2. The number of aromatic nitrogens is 2. The highest BCUT2D eigenvalue weighted by molar-refractivity contribution is 14.1. The summed E-state index contributed by atoms with van der Waals surface area (Å²) in [6.07, 6.45) is -0.185. The molecule has 4 nitrogen and oxygen atoms in total. The minimum absolute atomic E-state index is 0.185. The van der Waals surface area contributed by atoms with Crippen molar-refractivity contribution in [2.75, 3.05) is 6.61 Å². The third kappa shape index (κ3) is 2.16. The fraction of sp³-hybridized carbons (Fsp3) is 0.188. The van der Waals surface area contributed by atoms with Crippen molar-refractivity contribution < 1.29 is 9.47 Å². The first-order chi connectivity index (χ1) is 10.2. The Labute approximate surface area is 135 Å². The van der Waals surface area contributed by atoms with Gasteiger partial charge >= 0.3 is 0 Å². The summed E-state index contributed by atoms with van der Waals surface area (Å²) in [7, 11) is 2.02. The number of nitrogens with zero attached hydrogens (tertiary/aromatic N) is 2. The maximum Gasteiger partial charge on any atom is 0.190 e. The van der Waals surface area contributed by atoms with Gasteiger partial charge in [-0.1, -0.05) is 12.1 Å². The van der Waals surface area contributed by atoms with E-state index in [0.717, 1.165) is 28.4 Å². The molecule has 21 heavy (non-hydrogen) atoms. The number of fused-ring (bicyclic) bond motifs is 2. The second-order valence-electron chi connectivity index (χ2n) is 5.03. The molecule has 1 aliphatic heterocycles. The van der Waals surface area contributed by atoms with Crippen LogP contribution in [0.15, 0.2) is 42.5 Å². The number of aryl methyl sites for hydroxylation is 1. The average molecular weight is 392 g/mol. The van der Waals surface area contributed by atoms with E-state index in [1.54, 1.807) is 0 Å². The van der Waals surface area contributed by atoms with E-state index in [9.17, 15) is 0 Å². The van der Waals surface area contributed by atoms with Gasteiger partial charge in [0.05, 0.1) is 11.0 Å². The Kier molecular flexibility index (Phi) is 3.02. The highest BCUT2D eigenvalue weighted by Gasteiger charge is 2.26. The Morgan fingerprint density at radius 2 is 2.00 bits per heavy atom.